The van der Waals surface area contributed by atoms with Crippen LogP contribution in [0.25, 0.3) is 0 Å². The normalized spacial score (nSPS) is 19.1. The number of carbonyl (C=O) groups excluding carboxylic acids is 3. The van der Waals surface area contributed by atoms with Crippen LogP contribution in [-0.4, -0.2) is 150 Å². The first-order valence-electron chi connectivity index (χ1n) is 26.8. The number of unbranched alkanes of at least 4 members (excludes halogenated alkanes) is 1. The smallest absolute Gasteiger partial charge is 0.294 e. The van der Waals surface area contributed by atoms with Crippen molar-refractivity contribution in [3.8, 4) is 5.75 Å². The van der Waals surface area contributed by atoms with E-state index in [1.807, 2.05) is 63.6 Å². The molecule has 25 heteroatoms. The molecule has 4 aliphatic rings. The third-order valence-electron chi connectivity index (χ3n) is 14.9. The lowest BCUT2D eigenvalue weighted by molar-refractivity contribution is -0.402. The van der Waals surface area contributed by atoms with Gasteiger partial charge in [0.05, 0.1) is 76.4 Å². The molecule has 3 amide bonds. The average molecular weight is 1210 g/mol. The fraction of sp³-hybridized carbons (Fsp3) is 0.474. The Morgan fingerprint density at radius 1 is 0.756 bits per heavy atom. The first kappa shape index (κ1) is 64.0. The summed E-state index contributed by atoms with van der Waals surface area (Å²) in [6.07, 6.45) is 13.0. The minimum atomic E-state index is -4.59. The summed E-state index contributed by atoms with van der Waals surface area (Å²) in [5, 5.41) is 4.06. The summed E-state index contributed by atoms with van der Waals surface area (Å²) in [4.78, 5) is 43.5. The molecular formula is C57H73N4O17S4+. The fourth-order valence-electron chi connectivity index (χ4n) is 10.6. The van der Waals surface area contributed by atoms with Gasteiger partial charge in [-0.15, -0.1) is 0 Å². The van der Waals surface area contributed by atoms with Crippen molar-refractivity contribution in [1.29, 1.82) is 0 Å². The van der Waals surface area contributed by atoms with Crippen molar-refractivity contribution >= 4 is 76.9 Å². The third-order valence-corrected chi connectivity index (χ3v) is 18.3. The van der Waals surface area contributed by atoms with E-state index in [4.69, 9.17) is 23.8 Å². The lowest BCUT2D eigenvalue weighted by Crippen LogP contribution is -2.38. The van der Waals surface area contributed by atoms with Crippen molar-refractivity contribution in [3.05, 3.63) is 118 Å². The molecule has 3 heterocycles. The van der Waals surface area contributed by atoms with E-state index in [9.17, 15) is 53.3 Å². The van der Waals surface area contributed by atoms with E-state index in [1.54, 1.807) is 25.2 Å². The Hall–Kier alpha value is -5.58. The molecule has 1 unspecified atom stereocenters. The van der Waals surface area contributed by atoms with Crippen LogP contribution >= 0.6 is 11.8 Å². The van der Waals surface area contributed by atoms with Gasteiger partial charge in [-0.3, -0.25) is 37.8 Å². The molecule has 1 fully saturated rings. The number of thioether (sulfide) groups is 1. The van der Waals surface area contributed by atoms with Crippen LogP contribution in [0.15, 0.2) is 110 Å². The van der Waals surface area contributed by atoms with Crippen LogP contribution in [0.5, 0.6) is 5.75 Å². The van der Waals surface area contributed by atoms with Crippen molar-refractivity contribution in [2.75, 3.05) is 77.7 Å². The van der Waals surface area contributed by atoms with Crippen LogP contribution in [0, 0.1) is 13.8 Å². The van der Waals surface area contributed by atoms with Gasteiger partial charge in [0.2, 0.25) is 23.4 Å². The fourth-order valence-corrected chi connectivity index (χ4v) is 12.9. The van der Waals surface area contributed by atoms with E-state index in [0.717, 1.165) is 28.1 Å². The Kier molecular flexibility index (Phi) is 20.7. The molecule has 1 atom stereocenters. The van der Waals surface area contributed by atoms with Crippen LogP contribution < -0.4 is 15.1 Å². The maximum absolute atomic E-state index is 12.5. The van der Waals surface area contributed by atoms with Crippen LogP contribution in [0.4, 0.5) is 11.4 Å². The number of allylic oxidation sites excluding steroid dienone is 7. The summed E-state index contributed by atoms with van der Waals surface area (Å²) in [7, 11) is -11.7. The maximum atomic E-state index is 12.5. The molecule has 82 heavy (non-hydrogen) atoms. The minimum absolute atomic E-state index is 0.0768. The molecule has 0 aromatic heterocycles. The highest BCUT2D eigenvalue weighted by molar-refractivity contribution is 8.00. The molecule has 7 rings (SSSR count). The van der Waals surface area contributed by atoms with E-state index >= 15 is 0 Å². The summed E-state index contributed by atoms with van der Waals surface area (Å²) < 4.78 is 129. The van der Waals surface area contributed by atoms with E-state index < -0.39 is 41.2 Å². The standard InChI is InChI=1S/C57H72N4O17S4/c1-37-32-43(81(68,69)70)34-45-52(37)59(7)48(56(45,3)4)21-15-39-12-11-13-40(54(39)78-41-17-19-42(20-18-41)80(65,66)67)16-22-49-57(5,6)46-35-44(82(71,72)73)33-38(2)53(46)61(49)77-31-30-76-29-28-75-27-26-74-25-10-9-14-50(62)58-23-24-60-51(63)36-47(79-8)55(60)64/h15-22,32-35,47H,9-14,23-31,36H2,1-8H3,(H3-,58,62,65,66,67,68,69,70,71,72,73)/p+1. The predicted octanol–water partition coefficient (Wildman–Crippen LogP) is 7.49. The highest BCUT2D eigenvalue weighted by atomic mass is 32.2. The molecule has 1 saturated heterocycles. The van der Waals surface area contributed by atoms with E-state index in [0.29, 0.717) is 92.2 Å². The molecule has 3 aliphatic heterocycles. The van der Waals surface area contributed by atoms with E-state index in [2.05, 4.69) is 5.32 Å². The summed E-state index contributed by atoms with van der Waals surface area (Å²) in [6.45, 7) is 13.5. The Morgan fingerprint density at radius 3 is 1.96 bits per heavy atom. The summed E-state index contributed by atoms with van der Waals surface area (Å²) in [6, 6.07) is 11.1. The van der Waals surface area contributed by atoms with Gasteiger partial charge >= 0.3 is 0 Å². The lowest BCUT2D eigenvalue weighted by Gasteiger charge is -2.27. The van der Waals surface area contributed by atoms with Crippen LogP contribution in [0.2, 0.25) is 0 Å². The first-order valence-corrected chi connectivity index (χ1v) is 32.4. The molecule has 0 saturated carbocycles. The first-order chi connectivity index (χ1) is 38.5. The Balaban J connectivity index is 1.02. The van der Waals surface area contributed by atoms with Gasteiger partial charge in [0.15, 0.2) is 5.71 Å². The topological polar surface area (TPSA) is 282 Å². The Bertz CT molecular complexity index is 3460. The number of amides is 3. The van der Waals surface area contributed by atoms with Crippen molar-refractivity contribution in [2.24, 2.45) is 0 Å². The summed E-state index contributed by atoms with van der Waals surface area (Å²) >= 11 is 1.35. The number of carbonyl (C=O) groups is 3. The van der Waals surface area contributed by atoms with Gasteiger partial charge in [-0.25, -0.2) is 5.06 Å². The van der Waals surface area contributed by atoms with Gasteiger partial charge in [-0.05, 0) is 149 Å². The number of nitrogens with one attached hydrogen (secondary N) is 1. The lowest BCUT2D eigenvalue weighted by atomic mass is 9.80. The van der Waals surface area contributed by atoms with Crippen molar-refractivity contribution < 1.29 is 81.7 Å². The number of hydrogen-bond acceptors (Lipinski definition) is 16. The average Bonchev–Trinajstić information content (AvgIpc) is 4.12. The predicted molar refractivity (Wildman–Crippen MR) is 308 cm³/mol. The number of likely N-dealkylation sites (tertiary alicyclic amines) is 1. The van der Waals surface area contributed by atoms with Gasteiger partial charge < -0.3 is 24.3 Å². The Morgan fingerprint density at radius 2 is 1.35 bits per heavy atom. The monoisotopic (exact) mass is 1210 g/mol. The molecule has 1 aliphatic carbocycles. The highest BCUT2D eigenvalue weighted by Crippen LogP contribution is 2.51. The largest absolute Gasteiger partial charge is 0.457 e. The number of hydrogen-bond donors (Lipinski definition) is 4. The minimum Gasteiger partial charge on any atom is -0.457 e. The second-order valence-electron chi connectivity index (χ2n) is 21.3. The number of rotatable bonds is 27. The third kappa shape index (κ3) is 15.0. The number of fused-ring (bicyclic) bond motifs is 2. The zero-order valence-electron chi connectivity index (χ0n) is 47.4. The second-order valence-corrected chi connectivity index (χ2v) is 26.6. The number of hydroxylamine groups is 1. The highest BCUT2D eigenvalue weighted by Gasteiger charge is 2.46. The summed E-state index contributed by atoms with van der Waals surface area (Å²) in [5.41, 5.74) is 5.27. The molecule has 446 valence electrons. The quantitative estimate of drug-likeness (QED) is 0.0249. The maximum Gasteiger partial charge on any atom is 0.294 e. The Labute approximate surface area is 484 Å². The number of nitrogens with zero attached hydrogens (tertiary/aromatic N) is 3. The van der Waals surface area contributed by atoms with Crippen LogP contribution in [0.3, 0.4) is 0 Å². The summed E-state index contributed by atoms with van der Waals surface area (Å²) in [5.74, 6) is 0.177. The van der Waals surface area contributed by atoms with Gasteiger partial charge in [-0.2, -0.15) is 41.6 Å². The molecule has 3 aromatic rings. The van der Waals surface area contributed by atoms with Gasteiger partial charge in [-0.1, -0.05) is 19.9 Å². The van der Waals surface area contributed by atoms with Gasteiger partial charge in [0.25, 0.3) is 30.4 Å². The molecular weight excluding hydrogens is 1140 g/mol. The molecule has 0 spiro atoms. The molecule has 4 N–H and O–H groups in total. The number of benzene rings is 3. The van der Waals surface area contributed by atoms with Crippen LogP contribution in [-0.2, 0) is 74.6 Å². The number of ether oxygens (including phenoxy) is 4. The van der Waals surface area contributed by atoms with Crippen molar-refractivity contribution in [3.63, 3.8) is 0 Å². The molecule has 3 aromatic carbocycles. The van der Waals surface area contributed by atoms with Crippen LogP contribution in [0.1, 0.15) is 94.9 Å². The zero-order valence-corrected chi connectivity index (χ0v) is 50.6. The van der Waals surface area contributed by atoms with Crippen molar-refractivity contribution in [2.45, 2.75) is 117 Å². The van der Waals surface area contributed by atoms with E-state index in [-0.39, 0.29) is 89.3 Å². The van der Waals surface area contributed by atoms with Gasteiger partial charge in [0, 0.05) is 55.2 Å². The van der Waals surface area contributed by atoms with E-state index in [1.165, 1.54) is 65.2 Å². The number of anilines is 1. The number of aryl methyl sites for hydroxylation is 2. The molecule has 0 bridgehead atoms. The SMILES string of the molecule is CSC1CC(=O)N(CCNC(=O)CCCCOCCOCCOCCON2/C(=C/C=C3\CCCC(/C=C/C4=[N+](C)c5c(C)cc(S(=O)(=O)O)cc5C4(C)C)=C3Oc3ccc(S(=O)(=O)O)cc3)C(C)(C)c3cc(S(=O)(=O)O)cc(C)c32)C1=O. The zero-order chi connectivity index (χ0) is 60.0. The molecule has 21 nitrogen and oxygen atoms in total. The van der Waals surface area contributed by atoms with Gasteiger partial charge in [0.1, 0.15) is 18.6 Å². The van der Waals surface area contributed by atoms with Crippen molar-refractivity contribution in [1.82, 2.24) is 10.2 Å². The number of imide groups is 1. The molecule has 0 radical (unpaired) electrons. The second kappa shape index (κ2) is 26.6.